The summed E-state index contributed by atoms with van der Waals surface area (Å²) in [6, 6.07) is 0. The Kier molecular flexibility index (Phi) is 4.97. The van der Waals surface area contributed by atoms with Crippen molar-refractivity contribution in [2.75, 3.05) is 26.2 Å². The van der Waals surface area contributed by atoms with Gasteiger partial charge in [-0.15, -0.1) is 0 Å². The molecule has 0 amide bonds. The van der Waals surface area contributed by atoms with Crippen LogP contribution in [0.4, 0.5) is 0 Å². The van der Waals surface area contributed by atoms with Gasteiger partial charge in [-0.2, -0.15) is 4.98 Å². The van der Waals surface area contributed by atoms with Crippen LogP contribution < -0.4 is 4.74 Å². The van der Waals surface area contributed by atoms with E-state index in [1.807, 2.05) is 6.20 Å². The molecule has 0 bridgehead atoms. The molecular weight excluding hydrogens is 250 g/mol. The van der Waals surface area contributed by atoms with Crippen LogP contribution in [0, 0.1) is 0 Å². The van der Waals surface area contributed by atoms with Crippen molar-refractivity contribution >= 4 is 0 Å². The van der Waals surface area contributed by atoms with Crippen molar-refractivity contribution in [3.63, 3.8) is 0 Å². The van der Waals surface area contributed by atoms with Crippen LogP contribution in [0.1, 0.15) is 51.9 Å². The molecule has 4 nitrogen and oxygen atoms in total. The highest BCUT2D eigenvalue weighted by Crippen LogP contribution is 2.23. The Morgan fingerprint density at radius 2 is 1.95 bits per heavy atom. The lowest BCUT2D eigenvalue weighted by Crippen LogP contribution is -2.25. The summed E-state index contributed by atoms with van der Waals surface area (Å²) in [6.45, 7) is 12.6. The summed E-state index contributed by atoms with van der Waals surface area (Å²) in [6.07, 6.45) is 5.46. The second-order valence-corrected chi connectivity index (χ2v) is 6.52. The Bertz CT molecular complexity index is 434. The van der Waals surface area contributed by atoms with Crippen molar-refractivity contribution in [2.24, 2.45) is 0 Å². The molecule has 4 heteroatoms. The first-order valence-electron chi connectivity index (χ1n) is 7.72. The van der Waals surface area contributed by atoms with Gasteiger partial charge in [0.05, 0.1) is 0 Å². The number of nitrogens with zero attached hydrogens (tertiary/aromatic N) is 3. The van der Waals surface area contributed by atoms with E-state index in [-0.39, 0.29) is 5.41 Å². The first kappa shape index (κ1) is 15.2. The van der Waals surface area contributed by atoms with Gasteiger partial charge < -0.3 is 4.74 Å². The van der Waals surface area contributed by atoms with Crippen LogP contribution in [0.2, 0.25) is 0 Å². The molecule has 2 heterocycles. The minimum atomic E-state index is -0.0423. The molecule has 0 N–H and O–H groups in total. The lowest BCUT2D eigenvalue weighted by molar-refractivity contribution is 0.229. The van der Waals surface area contributed by atoms with Gasteiger partial charge in [-0.1, -0.05) is 27.7 Å². The van der Waals surface area contributed by atoms with E-state index in [1.165, 1.54) is 25.9 Å². The molecular formula is C16H27N3O. The summed E-state index contributed by atoms with van der Waals surface area (Å²) >= 11 is 0. The van der Waals surface area contributed by atoms with Crippen LogP contribution in [-0.4, -0.2) is 41.1 Å². The quantitative estimate of drug-likeness (QED) is 0.829. The van der Waals surface area contributed by atoms with Crippen LogP contribution in [-0.2, 0) is 11.8 Å². The molecule has 1 saturated heterocycles. The molecule has 2 rings (SSSR count). The van der Waals surface area contributed by atoms with Gasteiger partial charge in [-0.05, 0) is 32.4 Å². The van der Waals surface area contributed by atoms with Gasteiger partial charge in [-0.25, -0.2) is 4.98 Å². The maximum absolute atomic E-state index is 5.93. The zero-order chi connectivity index (χ0) is 14.6. The SMILES string of the molecule is CCc1cnc(C(C)(C)C)nc1OCCN1CCCC1. The molecule has 0 unspecified atom stereocenters. The number of ether oxygens (including phenoxy) is 1. The zero-order valence-electron chi connectivity index (χ0n) is 13.3. The average molecular weight is 277 g/mol. The molecule has 1 aliphatic rings. The minimum Gasteiger partial charge on any atom is -0.476 e. The summed E-state index contributed by atoms with van der Waals surface area (Å²) in [4.78, 5) is 11.5. The number of hydrogen-bond donors (Lipinski definition) is 0. The van der Waals surface area contributed by atoms with Crippen molar-refractivity contribution < 1.29 is 4.74 Å². The van der Waals surface area contributed by atoms with Gasteiger partial charge in [0.15, 0.2) is 0 Å². The maximum atomic E-state index is 5.93. The molecule has 0 spiro atoms. The topological polar surface area (TPSA) is 38.3 Å². The van der Waals surface area contributed by atoms with Crippen molar-refractivity contribution in [3.05, 3.63) is 17.6 Å². The van der Waals surface area contributed by atoms with E-state index in [4.69, 9.17) is 4.74 Å². The first-order valence-corrected chi connectivity index (χ1v) is 7.72. The molecule has 1 fully saturated rings. The van der Waals surface area contributed by atoms with Gasteiger partial charge in [0.1, 0.15) is 12.4 Å². The van der Waals surface area contributed by atoms with Crippen molar-refractivity contribution in [1.82, 2.24) is 14.9 Å². The van der Waals surface area contributed by atoms with E-state index in [1.54, 1.807) is 0 Å². The fraction of sp³-hybridized carbons (Fsp3) is 0.750. The normalized spacial score (nSPS) is 16.6. The third-order valence-electron chi connectivity index (χ3n) is 3.72. The highest BCUT2D eigenvalue weighted by molar-refractivity contribution is 5.25. The summed E-state index contributed by atoms with van der Waals surface area (Å²) in [7, 11) is 0. The first-order chi connectivity index (χ1) is 9.50. The minimum absolute atomic E-state index is 0.0423. The lowest BCUT2D eigenvalue weighted by atomic mass is 9.95. The Morgan fingerprint density at radius 1 is 1.25 bits per heavy atom. The standard InChI is InChI=1S/C16H27N3O/c1-5-13-12-17-15(16(2,3)4)18-14(13)20-11-10-19-8-6-7-9-19/h12H,5-11H2,1-4H3. The Balaban J connectivity index is 2.00. The predicted octanol–water partition coefficient (Wildman–Crippen LogP) is 2.81. The molecule has 1 aliphatic heterocycles. The Labute approximate surface area is 122 Å². The van der Waals surface area contributed by atoms with E-state index in [0.717, 1.165) is 30.2 Å². The monoisotopic (exact) mass is 277 g/mol. The largest absolute Gasteiger partial charge is 0.476 e. The highest BCUT2D eigenvalue weighted by atomic mass is 16.5. The van der Waals surface area contributed by atoms with Gasteiger partial charge in [0, 0.05) is 23.7 Å². The summed E-state index contributed by atoms with van der Waals surface area (Å²) in [5.41, 5.74) is 1.05. The Morgan fingerprint density at radius 3 is 2.55 bits per heavy atom. The third-order valence-corrected chi connectivity index (χ3v) is 3.72. The predicted molar refractivity (Wildman–Crippen MR) is 81.3 cm³/mol. The van der Waals surface area contributed by atoms with Gasteiger partial charge in [0.2, 0.25) is 5.88 Å². The van der Waals surface area contributed by atoms with Crippen LogP contribution in [0.25, 0.3) is 0 Å². The average Bonchev–Trinajstić information content (AvgIpc) is 2.90. The van der Waals surface area contributed by atoms with Gasteiger partial charge in [0.25, 0.3) is 0 Å². The molecule has 0 aliphatic carbocycles. The van der Waals surface area contributed by atoms with E-state index in [9.17, 15) is 0 Å². The molecule has 1 aromatic rings. The maximum Gasteiger partial charge on any atom is 0.219 e. The summed E-state index contributed by atoms with van der Waals surface area (Å²) in [5.74, 6) is 1.62. The molecule has 0 atom stereocenters. The smallest absolute Gasteiger partial charge is 0.219 e. The van der Waals surface area contributed by atoms with Crippen molar-refractivity contribution in [2.45, 2.75) is 52.4 Å². The molecule has 112 valence electrons. The second-order valence-electron chi connectivity index (χ2n) is 6.52. The molecule has 0 saturated carbocycles. The van der Waals surface area contributed by atoms with E-state index in [2.05, 4.69) is 42.6 Å². The Hall–Kier alpha value is -1.16. The fourth-order valence-corrected chi connectivity index (χ4v) is 2.40. The molecule has 20 heavy (non-hydrogen) atoms. The summed E-state index contributed by atoms with van der Waals surface area (Å²) < 4.78 is 5.93. The third kappa shape index (κ3) is 3.92. The van der Waals surface area contributed by atoms with E-state index < -0.39 is 0 Å². The van der Waals surface area contributed by atoms with Gasteiger partial charge in [-0.3, -0.25) is 4.90 Å². The highest BCUT2D eigenvalue weighted by Gasteiger charge is 2.19. The number of aromatic nitrogens is 2. The van der Waals surface area contributed by atoms with Crippen LogP contribution in [0.15, 0.2) is 6.20 Å². The number of rotatable bonds is 5. The molecule has 1 aromatic heterocycles. The van der Waals surface area contributed by atoms with Gasteiger partial charge >= 0.3 is 0 Å². The molecule has 0 aromatic carbocycles. The van der Waals surface area contributed by atoms with E-state index >= 15 is 0 Å². The zero-order valence-corrected chi connectivity index (χ0v) is 13.3. The van der Waals surface area contributed by atoms with Crippen molar-refractivity contribution in [1.29, 1.82) is 0 Å². The fourth-order valence-electron chi connectivity index (χ4n) is 2.40. The lowest BCUT2D eigenvalue weighted by Gasteiger charge is -2.19. The second kappa shape index (κ2) is 6.53. The number of aryl methyl sites for hydroxylation is 1. The number of hydrogen-bond acceptors (Lipinski definition) is 4. The van der Waals surface area contributed by atoms with Crippen LogP contribution >= 0.6 is 0 Å². The molecule has 0 radical (unpaired) electrons. The summed E-state index contributed by atoms with van der Waals surface area (Å²) in [5, 5.41) is 0. The van der Waals surface area contributed by atoms with Crippen LogP contribution in [0.3, 0.4) is 0 Å². The van der Waals surface area contributed by atoms with E-state index in [0.29, 0.717) is 6.61 Å². The van der Waals surface area contributed by atoms with Crippen molar-refractivity contribution in [3.8, 4) is 5.88 Å². The van der Waals surface area contributed by atoms with Crippen LogP contribution in [0.5, 0.6) is 5.88 Å². The number of likely N-dealkylation sites (tertiary alicyclic amines) is 1.